The Morgan fingerprint density at radius 1 is 1.20 bits per heavy atom. The van der Waals surface area contributed by atoms with E-state index in [1.807, 2.05) is 4.90 Å². The molecule has 0 amide bonds. The third kappa shape index (κ3) is 2.68. The molecule has 6 nitrogen and oxygen atoms in total. The lowest BCUT2D eigenvalue weighted by Crippen LogP contribution is -2.40. The van der Waals surface area contributed by atoms with Gasteiger partial charge in [0.25, 0.3) is 0 Å². The molecule has 1 aromatic heterocycles. The number of nitrogen functional groups attached to an aromatic ring is 1. The fourth-order valence-corrected chi connectivity index (χ4v) is 4.48. The second-order valence-corrected chi connectivity index (χ2v) is 7.24. The van der Waals surface area contributed by atoms with E-state index < -0.39 is 11.4 Å². The van der Waals surface area contributed by atoms with Crippen LogP contribution in [0.25, 0.3) is 0 Å². The number of nitrogens with zero attached hydrogens (tertiary/aromatic N) is 4. The highest BCUT2D eigenvalue weighted by Gasteiger charge is 2.52. The standard InChI is InChI=1S/C16H16F2N6S/c17-10-4-21-15(22-5-10)24-6-9-7-25-14(20)23-16(9,8-24)12-3-11(19)1-2-13(12)18/h1-5,9H,6-8,19H2,(H2,20,23)/t9-,16?/m0/s1. The number of aromatic nitrogens is 2. The third-order valence-corrected chi connectivity index (χ3v) is 5.59. The molecule has 0 saturated carbocycles. The number of fused-ring (bicyclic) bond motifs is 1. The van der Waals surface area contributed by atoms with Crippen molar-refractivity contribution in [3.63, 3.8) is 0 Å². The molecule has 0 aliphatic carbocycles. The third-order valence-electron chi connectivity index (χ3n) is 4.64. The minimum Gasteiger partial charge on any atom is -0.399 e. The lowest BCUT2D eigenvalue weighted by Gasteiger charge is -2.34. The summed E-state index contributed by atoms with van der Waals surface area (Å²) in [5, 5.41) is 0.417. The van der Waals surface area contributed by atoms with Crippen LogP contribution in [-0.4, -0.2) is 34.0 Å². The first-order chi connectivity index (χ1) is 12.0. The van der Waals surface area contributed by atoms with Crippen LogP contribution >= 0.6 is 11.8 Å². The van der Waals surface area contributed by atoms with Gasteiger partial charge in [0.2, 0.25) is 5.95 Å². The molecule has 4 N–H and O–H groups in total. The van der Waals surface area contributed by atoms with Gasteiger partial charge in [-0.05, 0) is 18.2 Å². The molecule has 2 aliphatic heterocycles. The SMILES string of the molecule is NC1=NC2(c3cc(N)ccc3F)CN(c3ncc(F)cn3)C[C@H]2CS1. The van der Waals surface area contributed by atoms with Crippen molar-refractivity contribution in [3.8, 4) is 0 Å². The summed E-state index contributed by atoms with van der Waals surface area (Å²) in [6.07, 6.45) is 2.23. The number of rotatable bonds is 2. The number of thioether (sulfide) groups is 1. The Morgan fingerprint density at radius 2 is 1.96 bits per heavy atom. The number of hydrogen-bond acceptors (Lipinski definition) is 7. The zero-order valence-electron chi connectivity index (χ0n) is 13.2. The maximum absolute atomic E-state index is 14.6. The predicted molar refractivity (Wildman–Crippen MR) is 94.3 cm³/mol. The van der Waals surface area contributed by atoms with E-state index in [-0.39, 0.29) is 11.7 Å². The van der Waals surface area contributed by atoms with E-state index in [0.29, 0.717) is 41.2 Å². The van der Waals surface area contributed by atoms with E-state index in [1.165, 1.54) is 23.9 Å². The summed E-state index contributed by atoms with van der Waals surface area (Å²) in [5.74, 6) is 0.216. The van der Waals surface area contributed by atoms with Crippen molar-refractivity contribution in [3.05, 3.63) is 47.8 Å². The van der Waals surface area contributed by atoms with Crippen LogP contribution in [0.3, 0.4) is 0 Å². The molecular formula is C16H16F2N6S. The molecule has 1 unspecified atom stereocenters. The summed E-state index contributed by atoms with van der Waals surface area (Å²) in [6.45, 7) is 0.925. The van der Waals surface area contributed by atoms with Crippen molar-refractivity contribution in [2.75, 3.05) is 29.5 Å². The minimum atomic E-state index is -0.855. The van der Waals surface area contributed by atoms with Crippen molar-refractivity contribution in [2.45, 2.75) is 5.54 Å². The van der Waals surface area contributed by atoms with Gasteiger partial charge in [-0.1, -0.05) is 11.8 Å². The molecule has 0 bridgehead atoms. The molecule has 2 aliphatic rings. The van der Waals surface area contributed by atoms with Crippen LogP contribution in [0.5, 0.6) is 0 Å². The molecule has 130 valence electrons. The largest absolute Gasteiger partial charge is 0.399 e. The predicted octanol–water partition coefficient (Wildman–Crippen LogP) is 1.73. The van der Waals surface area contributed by atoms with Crippen LogP contribution in [0.2, 0.25) is 0 Å². The molecule has 3 heterocycles. The van der Waals surface area contributed by atoms with Crippen molar-refractivity contribution in [1.82, 2.24) is 9.97 Å². The summed E-state index contributed by atoms with van der Waals surface area (Å²) >= 11 is 1.44. The van der Waals surface area contributed by atoms with Gasteiger partial charge in [0.1, 0.15) is 11.4 Å². The zero-order chi connectivity index (χ0) is 17.6. The molecule has 2 aromatic rings. The summed E-state index contributed by atoms with van der Waals surface area (Å²) in [4.78, 5) is 14.6. The Balaban J connectivity index is 1.80. The van der Waals surface area contributed by atoms with Crippen molar-refractivity contribution in [2.24, 2.45) is 16.6 Å². The average Bonchev–Trinajstić information content (AvgIpc) is 2.97. The van der Waals surface area contributed by atoms with Gasteiger partial charge in [0.05, 0.1) is 18.9 Å². The normalized spacial score (nSPS) is 25.6. The lowest BCUT2D eigenvalue weighted by atomic mass is 9.81. The molecule has 0 radical (unpaired) electrons. The highest BCUT2D eigenvalue weighted by Crippen LogP contribution is 2.47. The quantitative estimate of drug-likeness (QED) is 0.791. The van der Waals surface area contributed by atoms with Gasteiger partial charge in [-0.3, -0.25) is 0 Å². The Labute approximate surface area is 147 Å². The zero-order valence-corrected chi connectivity index (χ0v) is 14.0. The average molecular weight is 362 g/mol. The summed E-state index contributed by atoms with van der Waals surface area (Å²) < 4.78 is 27.7. The molecule has 25 heavy (non-hydrogen) atoms. The second kappa shape index (κ2) is 5.83. The van der Waals surface area contributed by atoms with Gasteiger partial charge in [0.15, 0.2) is 11.0 Å². The van der Waals surface area contributed by atoms with Crippen molar-refractivity contribution in [1.29, 1.82) is 0 Å². The van der Waals surface area contributed by atoms with E-state index >= 15 is 0 Å². The summed E-state index contributed by atoms with van der Waals surface area (Å²) in [6, 6.07) is 4.48. The Bertz CT molecular complexity index is 843. The van der Waals surface area contributed by atoms with E-state index in [4.69, 9.17) is 11.5 Å². The molecule has 1 saturated heterocycles. The smallest absolute Gasteiger partial charge is 0.225 e. The van der Waals surface area contributed by atoms with E-state index in [9.17, 15) is 8.78 Å². The first-order valence-corrected chi connectivity index (χ1v) is 8.72. The fraction of sp³-hybridized carbons (Fsp3) is 0.312. The van der Waals surface area contributed by atoms with Crippen LogP contribution in [0.4, 0.5) is 20.4 Å². The second-order valence-electron chi connectivity index (χ2n) is 6.20. The van der Waals surface area contributed by atoms with Gasteiger partial charge in [0, 0.05) is 29.5 Å². The Kier molecular flexibility index (Phi) is 3.75. The minimum absolute atomic E-state index is 0.00903. The van der Waals surface area contributed by atoms with Crippen molar-refractivity contribution < 1.29 is 8.78 Å². The molecule has 9 heteroatoms. The van der Waals surface area contributed by atoms with Gasteiger partial charge < -0.3 is 16.4 Å². The molecule has 4 rings (SSSR count). The fourth-order valence-electron chi connectivity index (χ4n) is 3.49. The topological polar surface area (TPSA) is 93.4 Å². The molecular weight excluding hydrogens is 346 g/mol. The first-order valence-electron chi connectivity index (χ1n) is 7.74. The highest BCUT2D eigenvalue weighted by molar-refractivity contribution is 8.13. The molecule has 1 aromatic carbocycles. The number of halogens is 2. The monoisotopic (exact) mass is 362 g/mol. The van der Waals surface area contributed by atoms with Crippen LogP contribution in [0, 0.1) is 17.6 Å². The van der Waals surface area contributed by atoms with Crippen LogP contribution in [0.15, 0.2) is 35.6 Å². The highest BCUT2D eigenvalue weighted by atomic mass is 32.2. The number of nitrogens with two attached hydrogens (primary N) is 2. The summed E-state index contributed by atoms with van der Waals surface area (Å²) in [7, 11) is 0. The number of anilines is 2. The maximum atomic E-state index is 14.6. The number of amidine groups is 1. The molecule has 0 spiro atoms. The van der Waals surface area contributed by atoms with Crippen molar-refractivity contribution >= 4 is 28.6 Å². The summed E-state index contributed by atoms with van der Waals surface area (Å²) in [5.41, 5.74) is 11.9. The van der Waals surface area contributed by atoms with E-state index in [2.05, 4.69) is 15.0 Å². The number of aliphatic imine (C=N–C) groups is 1. The molecule has 1 fully saturated rings. The number of hydrogen-bond donors (Lipinski definition) is 2. The number of benzene rings is 1. The Morgan fingerprint density at radius 3 is 2.72 bits per heavy atom. The van der Waals surface area contributed by atoms with Gasteiger partial charge in [-0.25, -0.2) is 23.7 Å². The first kappa shape index (κ1) is 16.1. The van der Waals surface area contributed by atoms with Gasteiger partial charge >= 0.3 is 0 Å². The molecule has 2 atom stereocenters. The van der Waals surface area contributed by atoms with Gasteiger partial charge in [-0.2, -0.15) is 0 Å². The Hall–Kier alpha value is -2.42. The van der Waals surface area contributed by atoms with Crippen LogP contribution < -0.4 is 16.4 Å². The van der Waals surface area contributed by atoms with E-state index in [0.717, 1.165) is 12.4 Å². The maximum Gasteiger partial charge on any atom is 0.225 e. The van der Waals surface area contributed by atoms with Crippen LogP contribution in [-0.2, 0) is 5.54 Å². The van der Waals surface area contributed by atoms with Gasteiger partial charge in [-0.15, -0.1) is 0 Å². The van der Waals surface area contributed by atoms with E-state index in [1.54, 1.807) is 6.07 Å². The lowest BCUT2D eigenvalue weighted by molar-refractivity contribution is 0.371. The van der Waals surface area contributed by atoms with Crippen LogP contribution in [0.1, 0.15) is 5.56 Å².